The monoisotopic (exact) mass is 360 g/mol. The number of carboxylic acids is 2. The van der Waals surface area contributed by atoms with Crippen LogP contribution in [0, 0.1) is 12.3 Å². The van der Waals surface area contributed by atoms with Crippen LogP contribution in [-0.4, -0.2) is 39.0 Å². The van der Waals surface area contributed by atoms with Crippen LogP contribution in [0.4, 0.5) is 0 Å². The van der Waals surface area contributed by atoms with Crippen molar-refractivity contribution < 1.29 is 24.6 Å². The molecule has 0 aliphatic heterocycles. The minimum Gasteiger partial charge on any atom is -0.478 e. The molecule has 0 atom stereocenters. The molecule has 26 heavy (non-hydrogen) atoms. The van der Waals surface area contributed by atoms with Gasteiger partial charge in [0.05, 0.1) is 17.0 Å². The maximum absolute atomic E-state index is 11.9. The van der Waals surface area contributed by atoms with Crippen LogP contribution in [0.25, 0.3) is 6.08 Å². The molecule has 0 aromatic carbocycles. The number of carbonyl (C=O) groups excluding carboxylic acids is 1. The van der Waals surface area contributed by atoms with E-state index in [4.69, 9.17) is 21.4 Å². The van der Waals surface area contributed by atoms with Crippen LogP contribution in [0.2, 0.25) is 0 Å². The molecule has 1 aliphatic carbocycles. The number of carboxylic acid groups (broad SMARTS) is 2. The number of aliphatic carboxylic acids is 2. The Morgan fingerprint density at radius 1 is 1.27 bits per heavy atom. The van der Waals surface area contributed by atoms with Gasteiger partial charge in [-0.3, -0.25) is 20.5 Å². The van der Waals surface area contributed by atoms with E-state index in [1.165, 1.54) is 0 Å². The van der Waals surface area contributed by atoms with Crippen molar-refractivity contribution in [1.82, 2.24) is 10.3 Å². The van der Waals surface area contributed by atoms with Crippen LogP contribution < -0.4 is 11.1 Å². The van der Waals surface area contributed by atoms with Crippen molar-refractivity contribution >= 4 is 29.9 Å². The number of rotatable bonds is 3. The van der Waals surface area contributed by atoms with Gasteiger partial charge in [0.2, 0.25) is 0 Å². The SMILES string of the molecule is Cc1nc2c(cc1C(=O)NC(=N)N)CCCC=C2.O=C(O)/C=C\C(=O)O. The number of aromatic nitrogens is 1. The third-order valence-electron chi connectivity index (χ3n) is 3.28. The molecule has 1 aromatic heterocycles. The summed E-state index contributed by atoms with van der Waals surface area (Å²) in [6, 6.07) is 1.85. The van der Waals surface area contributed by atoms with Gasteiger partial charge < -0.3 is 15.9 Å². The molecule has 0 saturated carbocycles. The Bertz CT molecular complexity index is 768. The molecule has 0 radical (unpaired) electrons. The second-order valence-electron chi connectivity index (χ2n) is 5.34. The fourth-order valence-electron chi connectivity index (χ4n) is 2.18. The summed E-state index contributed by atoms with van der Waals surface area (Å²) < 4.78 is 0. The summed E-state index contributed by atoms with van der Waals surface area (Å²) in [6.07, 6.45) is 8.22. The standard InChI is InChI=1S/C13H16N4O.C4H4O4/c1-8-10(12(18)17-13(14)15)7-9-5-3-2-4-6-11(9)16-8;5-3(6)1-2-4(7)8/h4,6-7H,2-3,5H2,1H3,(H4,14,15,17,18);1-2H,(H,5,6)(H,7,8)/b;2-1-. The second-order valence-corrected chi connectivity index (χ2v) is 5.34. The summed E-state index contributed by atoms with van der Waals surface area (Å²) in [4.78, 5) is 35.4. The summed E-state index contributed by atoms with van der Waals surface area (Å²) in [7, 11) is 0. The molecule has 1 aliphatic rings. The lowest BCUT2D eigenvalue weighted by Crippen LogP contribution is -2.36. The van der Waals surface area contributed by atoms with E-state index in [0.717, 1.165) is 30.5 Å². The molecule has 6 N–H and O–H groups in total. The number of nitrogens with two attached hydrogens (primary N) is 1. The van der Waals surface area contributed by atoms with Crippen LogP contribution in [0.1, 0.15) is 40.2 Å². The predicted molar refractivity (Wildman–Crippen MR) is 94.7 cm³/mol. The van der Waals surface area contributed by atoms with E-state index in [-0.39, 0.29) is 11.9 Å². The minimum atomic E-state index is -1.26. The number of fused-ring (bicyclic) bond motifs is 1. The van der Waals surface area contributed by atoms with Gasteiger partial charge >= 0.3 is 11.9 Å². The maximum atomic E-state index is 11.9. The van der Waals surface area contributed by atoms with E-state index >= 15 is 0 Å². The number of amides is 1. The number of nitrogens with one attached hydrogen (secondary N) is 2. The lowest BCUT2D eigenvalue weighted by Gasteiger charge is -2.10. The Labute approximate surface area is 149 Å². The molecule has 2 rings (SSSR count). The summed E-state index contributed by atoms with van der Waals surface area (Å²) in [5.74, 6) is -3.24. The Hall–Kier alpha value is -3.49. The van der Waals surface area contributed by atoms with Crippen molar-refractivity contribution in [2.75, 3.05) is 0 Å². The first kappa shape index (κ1) is 20.6. The van der Waals surface area contributed by atoms with E-state index in [0.29, 0.717) is 23.4 Å². The Morgan fingerprint density at radius 2 is 1.88 bits per heavy atom. The normalized spacial score (nSPS) is 12.3. The Kier molecular flexibility index (Phi) is 7.68. The first-order valence-electron chi connectivity index (χ1n) is 7.67. The van der Waals surface area contributed by atoms with Gasteiger partial charge in [-0.05, 0) is 43.9 Å². The highest BCUT2D eigenvalue weighted by Gasteiger charge is 2.15. The van der Waals surface area contributed by atoms with E-state index < -0.39 is 11.9 Å². The number of aryl methyl sites for hydroxylation is 2. The number of allylic oxidation sites excluding steroid dienone is 1. The van der Waals surface area contributed by atoms with E-state index in [1.807, 2.05) is 12.1 Å². The zero-order valence-electron chi connectivity index (χ0n) is 14.2. The molecule has 0 fully saturated rings. The molecule has 1 aromatic rings. The van der Waals surface area contributed by atoms with Gasteiger partial charge in [-0.15, -0.1) is 0 Å². The highest BCUT2D eigenvalue weighted by atomic mass is 16.4. The number of pyridine rings is 1. The molecule has 1 heterocycles. The number of carbonyl (C=O) groups is 3. The van der Waals surface area contributed by atoms with Crippen molar-refractivity contribution in [3.8, 4) is 0 Å². The molecule has 0 saturated heterocycles. The lowest BCUT2D eigenvalue weighted by atomic mass is 10.0. The summed E-state index contributed by atoms with van der Waals surface area (Å²) in [5.41, 5.74) is 8.31. The average Bonchev–Trinajstić information content (AvgIpc) is 2.76. The van der Waals surface area contributed by atoms with E-state index in [9.17, 15) is 14.4 Å². The van der Waals surface area contributed by atoms with Crippen LogP contribution in [0.5, 0.6) is 0 Å². The second kappa shape index (κ2) is 9.72. The van der Waals surface area contributed by atoms with Crippen molar-refractivity contribution in [2.24, 2.45) is 5.73 Å². The van der Waals surface area contributed by atoms with Crippen molar-refractivity contribution in [3.05, 3.63) is 46.8 Å². The van der Waals surface area contributed by atoms with Gasteiger partial charge in [0.15, 0.2) is 5.96 Å². The molecular weight excluding hydrogens is 340 g/mol. The zero-order chi connectivity index (χ0) is 19.7. The van der Waals surface area contributed by atoms with Gasteiger partial charge in [-0.25, -0.2) is 9.59 Å². The molecule has 0 spiro atoms. The molecule has 9 heteroatoms. The fraction of sp³-hybridized carbons (Fsp3) is 0.235. The quantitative estimate of drug-likeness (QED) is 0.305. The summed E-state index contributed by atoms with van der Waals surface area (Å²) >= 11 is 0. The van der Waals surface area contributed by atoms with Crippen LogP contribution >= 0.6 is 0 Å². The van der Waals surface area contributed by atoms with Crippen LogP contribution in [0.15, 0.2) is 24.3 Å². The Morgan fingerprint density at radius 3 is 2.42 bits per heavy atom. The van der Waals surface area contributed by atoms with Gasteiger partial charge in [0.1, 0.15) is 0 Å². The van der Waals surface area contributed by atoms with Crippen LogP contribution in [-0.2, 0) is 16.0 Å². The molecule has 0 bridgehead atoms. The third-order valence-corrected chi connectivity index (χ3v) is 3.28. The molecule has 138 valence electrons. The summed E-state index contributed by atoms with van der Waals surface area (Å²) in [5, 5.41) is 25.0. The van der Waals surface area contributed by atoms with Crippen LogP contribution in [0.3, 0.4) is 0 Å². The zero-order valence-corrected chi connectivity index (χ0v) is 14.2. The molecule has 0 unspecified atom stereocenters. The van der Waals surface area contributed by atoms with Crippen molar-refractivity contribution in [3.63, 3.8) is 0 Å². The van der Waals surface area contributed by atoms with Crippen molar-refractivity contribution in [2.45, 2.75) is 26.2 Å². The number of nitrogens with zero attached hydrogens (tertiary/aromatic N) is 1. The highest BCUT2D eigenvalue weighted by molar-refractivity contribution is 6.05. The number of guanidine groups is 1. The smallest absolute Gasteiger partial charge is 0.328 e. The highest BCUT2D eigenvalue weighted by Crippen LogP contribution is 2.20. The molecule has 9 nitrogen and oxygen atoms in total. The largest absolute Gasteiger partial charge is 0.478 e. The first-order chi connectivity index (χ1) is 12.2. The summed E-state index contributed by atoms with van der Waals surface area (Å²) in [6.45, 7) is 1.79. The first-order valence-corrected chi connectivity index (χ1v) is 7.67. The third kappa shape index (κ3) is 6.95. The van der Waals surface area contributed by atoms with Gasteiger partial charge in [-0.2, -0.15) is 0 Å². The Balaban J connectivity index is 0.000000359. The minimum absolute atomic E-state index is 0.353. The number of hydrogen-bond donors (Lipinski definition) is 5. The van der Waals surface area contributed by atoms with Gasteiger partial charge in [-0.1, -0.05) is 6.08 Å². The van der Waals surface area contributed by atoms with Gasteiger partial charge in [0, 0.05) is 12.2 Å². The molecular formula is C17H20N4O5. The average molecular weight is 360 g/mol. The topological polar surface area (TPSA) is 166 Å². The molecule has 1 amide bonds. The number of hydrogen-bond acceptors (Lipinski definition) is 5. The predicted octanol–water partition coefficient (Wildman–Crippen LogP) is 1.07. The lowest BCUT2D eigenvalue weighted by molar-refractivity contribution is -0.134. The van der Waals surface area contributed by atoms with Gasteiger partial charge in [0.25, 0.3) is 5.91 Å². The van der Waals surface area contributed by atoms with E-state index in [2.05, 4.69) is 16.4 Å². The fourth-order valence-corrected chi connectivity index (χ4v) is 2.18. The van der Waals surface area contributed by atoms with Crippen molar-refractivity contribution in [1.29, 1.82) is 5.41 Å². The van der Waals surface area contributed by atoms with E-state index in [1.54, 1.807) is 6.92 Å². The maximum Gasteiger partial charge on any atom is 0.328 e.